The minimum atomic E-state index is -0.228. The molecule has 0 spiro atoms. The van der Waals surface area contributed by atoms with Crippen LogP contribution in [-0.4, -0.2) is 24.9 Å². The smallest absolute Gasteiger partial charge is 0.290 e. The van der Waals surface area contributed by atoms with Crippen LogP contribution in [0.15, 0.2) is 0 Å². The van der Waals surface area contributed by atoms with Crippen LogP contribution in [0.5, 0.6) is 0 Å². The number of nitrogens with one attached hydrogen (secondary N) is 2. The van der Waals surface area contributed by atoms with Crippen molar-refractivity contribution in [2.75, 3.05) is 18.5 Å². The maximum atomic E-state index is 9.82. The number of nitriles is 1. The number of fused-ring (bicyclic) bond motifs is 1. The molecule has 0 bridgehead atoms. The number of hydrogen-bond donors (Lipinski definition) is 1. The van der Waals surface area contributed by atoms with Crippen molar-refractivity contribution in [3.63, 3.8) is 0 Å². The lowest BCUT2D eigenvalue weighted by atomic mass is 9.87. The second-order valence-electron chi connectivity index (χ2n) is 7.77. The Morgan fingerprint density at radius 3 is 2.88 bits per heavy atom. The van der Waals surface area contributed by atoms with E-state index >= 15 is 0 Å². The van der Waals surface area contributed by atoms with E-state index in [0.717, 1.165) is 68.6 Å². The summed E-state index contributed by atoms with van der Waals surface area (Å²) in [4.78, 5) is 3.51. The molecule has 0 aromatic carbocycles. The van der Waals surface area contributed by atoms with E-state index in [1.165, 1.54) is 11.3 Å². The summed E-state index contributed by atoms with van der Waals surface area (Å²) in [6.07, 6.45) is 6.49. The molecule has 5 heteroatoms. The molecule has 25 heavy (non-hydrogen) atoms. The molecule has 0 radical (unpaired) electrons. The predicted octanol–water partition coefficient (Wildman–Crippen LogP) is 3.16. The van der Waals surface area contributed by atoms with Gasteiger partial charge in [0, 0.05) is 25.0 Å². The highest BCUT2D eigenvalue weighted by atomic mass is 16.5. The lowest BCUT2D eigenvalue weighted by Crippen LogP contribution is -2.36. The fourth-order valence-electron chi connectivity index (χ4n) is 3.73. The van der Waals surface area contributed by atoms with Crippen LogP contribution in [0.1, 0.15) is 68.8 Å². The van der Waals surface area contributed by atoms with Gasteiger partial charge in [-0.25, -0.2) is 4.98 Å². The normalized spacial score (nSPS) is 21.6. The first-order valence-electron chi connectivity index (χ1n) is 9.53. The average Bonchev–Trinajstić information content (AvgIpc) is 3.10. The molecule has 3 heterocycles. The predicted molar refractivity (Wildman–Crippen MR) is 96.4 cm³/mol. The summed E-state index contributed by atoms with van der Waals surface area (Å²) in [5, 5.41) is 13.3. The van der Waals surface area contributed by atoms with Gasteiger partial charge in [0.1, 0.15) is 23.9 Å². The zero-order valence-electron chi connectivity index (χ0n) is 15.7. The van der Waals surface area contributed by atoms with Gasteiger partial charge in [-0.2, -0.15) is 5.26 Å². The van der Waals surface area contributed by atoms with Crippen LogP contribution in [0.4, 0.5) is 5.82 Å². The Labute approximate surface area is 150 Å². The molecule has 3 rings (SSSR count). The van der Waals surface area contributed by atoms with Crippen LogP contribution >= 0.6 is 0 Å². The second-order valence-corrected chi connectivity index (χ2v) is 7.77. The topological polar surface area (TPSA) is 68.4 Å². The molecule has 2 aliphatic rings. The first kappa shape index (κ1) is 18.2. The largest absolute Gasteiger partial charge is 0.374 e. The fourth-order valence-corrected chi connectivity index (χ4v) is 3.73. The lowest BCUT2D eigenvalue weighted by Gasteiger charge is -2.32. The van der Waals surface area contributed by atoms with Crippen molar-refractivity contribution in [2.24, 2.45) is 0 Å². The van der Waals surface area contributed by atoms with Crippen LogP contribution in [0, 0.1) is 11.3 Å². The van der Waals surface area contributed by atoms with Gasteiger partial charge in [0.15, 0.2) is 0 Å². The van der Waals surface area contributed by atoms with Gasteiger partial charge in [-0.05, 0) is 38.7 Å². The van der Waals surface area contributed by atoms with Gasteiger partial charge in [-0.3, -0.25) is 5.32 Å². The third kappa shape index (κ3) is 4.13. The summed E-state index contributed by atoms with van der Waals surface area (Å²) in [5.74, 6) is 0.848. The van der Waals surface area contributed by atoms with E-state index in [2.05, 4.69) is 37.1 Å². The molecule has 2 N–H and O–H groups in total. The number of aryl methyl sites for hydroxylation is 1. The molecule has 1 aromatic heterocycles. The first-order valence-corrected chi connectivity index (χ1v) is 9.53. The van der Waals surface area contributed by atoms with E-state index in [1.54, 1.807) is 0 Å². The van der Waals surface area contributed by atoms with Gasteiger partial charge < -0.3 is 9.47 Å². The molecule has 2 aliphatic heterocycles. The summed E-state index contributed by atoms with van der Waals surface area (Å²) in [6, 6.07) is 2.43. The van der Waals surface area contributed by atoms with Gasteiger partial charge in [0.2, 0.25) is 0 Å². The zero-order valence-corrected chi connectivity index (χ0v) is 15.7. The third-order valence-corrected chi connectivity index (χ3v) is 5.19. The maximum absolute atomic E-state index is 9.82. The maximum Gasteiger partial charge on any atom is 0.290 e. The van der Waals surface area contributed by atoms with Crippen LogP contribution in [0.3, 0.4) is 0 Å². The molecule has 0 unspecified atom stereocenters. The molecule has 136 valence electrons. The zero-order chi connectivity index (χ0) is 17.9. The minimum absolute atomic E-state index is 0.228. The van der Waals surface area contributed by atoms with Crippen LogP contribution < -0.4 is 10.3 Å². The molecule has 0 saturated carbocycles. The summed E-state index contributed by atoms with van der Waals surface area (Å²) < 4.78 is 11.7. The second kappa shape index (κ2) is 7.72. The van der Waals surface area contributed by atoms with Crippen molar-refractivity contribution >= 4 is 5.82 Å². The Kier molecular flexibility index (Phi) is 5.61. The Balaban J connectivity index is 1.93. The van der Waals surface area contributed by atoms with Crippen molar-refractivity contribution in [1.82, 2.24) is 0 Å². The lowest BCUT2D eigenvalue weighted by molar-refractivity contribution is -0.376. The molecule has 1 saturated heterocycles. The summed E-state index contributed by atoms with van der Waals surface area (Å²) in [7, 11) is 0. The molecular formula is C20H30N3O2+. The van der Waals surface area contributed by atoms with E-state index < -0.39 is 0 Å². The SMILES string of the molecule is CCCCc1[nH+]c(NC[C@H]2CCCO2)c(C#N)c2c1COC(C)(C)C2. The number of nitrogens with zero attached hydrogens (tertiary/aromatic N) is 1. The highest BCUT2D eigenvalue weighted by Crippen LogP contribution is 2.33. The minimum Gasteiger partial charge on any atom is -0.374 e. The summed E-state index contributed by atoms with van der Waals surface area (Å²) in [6.45, 7) is 8.57. The average molecular weight is 344 g/mol. The number of rotatable bonds is 6. The van der Waals surface area contributed by atoms with E-state index in [0.29, 0.717) is 6.61 Å². The Morgan fingerprint density at radius 2 is 2.20 bits per heavy atom. The highest BCUT2D eigenvalue weighted by Gasteiger charge is 2.33. The number of aromatic nitrogens is 1. The standard InChI is InChI=1S/C20H29N3O2/c1-4-5-8-18-17-13-25-20(2,3)10-15(17)16(11-21)19(23-18)22-12-14-7-6-9-24-14/h14H,4-10,12-13H2,1-3H3,(H,22,23)/p+1/t14-/m1/s1. The van der Waals surface area contributed by atoms with Gasteiger partial charge in [-0.15, -0.1) is 0 Å². The molecular weight excluding hydrogens is 314 g/mol. The van der Waals surface area contributed by atoms with Gasteiger partial charge in [0.05, 0.1) is 18.3 Å². The quantitative estimate of drug-likeness (QED) is 0.861. The van der Waals surface area contributed by atoms with E-state index in [1.807, 2.05) is 0 Å². The number of hydrogen-bond acceptors (Lipinski definition) is 4. The Hall–Kier alpha value is -1.64. The van der Waals surface area contributed by atoms with Crippen LogP contribution in [-0.2, 0) is 28.9 Å². The Bertz CT molecular complexity index is 658. The van der Waals surface area contributed by atoms with Crippen molar-refractivity contribution in [3.05, 3.63) is 22.4 Å². The molecule has 0 aliphatic carbocycles. The van der Waals surface area contributed by atoms with E-state index in [-0.39, 0.29) is 11.7 Å². The molecule has 1 atom stereocenters. The van der Waals surface area contributed by atoms with Crippen molar-refractivity contribution in [2.45, 2.75) is 77.6 Å². The molecule has 0 amide bonds. The number of ether oxygens (including phenoxy) is 2. The Morgan fingerprint density at radius 1 is 1.36 bits per heavy atom. The number of anilines is 1. The van der Waals surface area contributed by atoms with Gasteiger partial charge in [-0.1, -0.05) is 13.3 Å². The molecule has 1 fully saturated rings. The van der Waals surface area contributed by atoms with Crippen molar-refractivity contribution in [3.8, 4) is 6.07 Å². The summed E-state index contributed by atoms with van der Waals surface area (Å²) >= 11 is 0. The van der Waals surface area contributed by atoms with Crippen molar-refractivity contribution < 1.29 is 14.5 Å². The number of unbranched alkanes of at least 4 members (excludes halogenated alkanes) is 1. The summed E-state index contributed by atoms with van der Waals surface area (Å²) in [5.41, 5.74) is 4.06. The van der Waals surface area contributed by atoms with E-state index in [4.69, 9.17) is 9.47 Å². The first-order chi connectivity index (χ1) is 12.0. The monoisotopic (exact) mass is 344 g/mol. The van der Waals surface area contributed by atoms with Gasteiger partial charge in [0.25, 0.3) is 5.82 Å². The van der Waals surface area contributed by atoms with Crippen LogP contribution in [0.25, 0.3) is 0 Å². The molecule has 1 aromatic rings. The van der Waals surface area contributed by atoms with Crippen molar-refractivity contribution in [1.29, 1.82) is 5.26 Å². The molecule has 5 nitrogen and oxygen atoms in total. The van der Waals surface area contributed by atoms with Gasteiger partial charge >= 0.3 is 0 Å². The number of aromatic amines is 1. The highest BCUT2D eigenvalue weighted by molar-refractivity contribution is 5.56. The third-order valence-electron chi connectivity index (χ3n) is 5.19. The fraction of sp³-hybridized carbons (Fsp3) is 0.700. The number of pyridine rings is 1. The van der Waals surface area contributed by atoms with Crippen LogP contribution in [0.2, 0.25) is 0 Å². The number of H-pyrrole nitrogens is 1. The van der Waals surface area contributed by atoms with E-state index in [9.17, 15) is 5.26 Å².